The standard InChI is InChI=1S/C19H23N3O/c1-13-3-5-15(6-4-13)17-7-8-18(21-20-17)23-19-14(2)22-11-9-16(19)10-12-22/h3-8,14,16,19H,9-12H2,1-2H3. The summed E-state index contributed by atoms with van der Waals surface area (Å²) in [6, 6.07) is 12.8. The Hall–Kier alpha value is -1.94. The molecule has 0 N–H and O–H groups in total. The van der Waals surface area contributed by atoms with Gasteiger partial charge < -0.3 is 4.74 Å². The molecular weight excluding hydrogens is 286 g/mol. The van der Waals surface area contributed by atoms with Crippen LogP contribution in [0.1, 0.15) is 25.3 Å². The van der Waals surface area contributed by atoms with Crippen LogP contribution in [0.25, 0.3) is 11.3 Å². The van der Waals surface area contributed by atoms with Gasteiger partial charge in [0.05, 0.1) is 5.69 Å². The molecule has 2 atom stereocenters. The second-order valence-electron chi connectivity index (χ2n) is 6.82. The number of hydrogen-bond acceptors (Lipinski definition) is 4. The first-order valence-electron chi connectivity index (χ1n) is 8.52. The molecule has 120 valence electrons. The van der Waals surface area contributed by atoms with E-state index in [9.17, 15) is 0 Å². The third-order valence-electron chi connectivity index (χ3n) is 5.33. The van der Waals surface area contributed by atoms with Crippen molar-refractivity contribution in [2.24, 2.45) is 5.92 Å². The molecule has 5 rings (SSSR count). The van der Waals surface area contributed by atoms with Crippen molar-refractivity contribution in [1.29, 1.82) is 0 Å². The number of nitrogens with zero attached hydrogens (tertiary/aromatic N) is 3. The van der Waals surface area contributed by atoms with Crippen LogP contribution < -0.4 is 4.74 Å². The highest BCUT2D eigenvalue weighted by atomic mass is 16.5. The van der Waals surface area contributed by atoms with Crippen LogP contribution in [0.2, 0.25) is 0 Å². The minimum atomic E-state index is 0.247. The second-order valence-corrected chi connectivity index (χ2v) is 6.82. The molecule has 3 aliphatic heterocycles. The third-order valence-corrected chi connectivity index (χ3v) is 5.33. The molecule has 2 unspecified atom stereocenters. The predicted molar refractivity (Wildman–Crippen MR) is 90.4 cm³/mol. The number of piperidine rings is 3. The van der Waals surface area contributed by atoms with E-state index in [4.69, 9.17) is 4.74 Å². The highest BCUT2D eigenvalue weighted by Gasteiger charge is 2.41. The number of rotatable bonds is 3. The highest BCUT2D eigenvalue weighted by molar-refractivity contribution is 5.58. The molecule has 1 aromatic carbocycles. The summed E-state index contributed by atoms with van der Waals surface area (Å²) in [5.74, 6) is 1.31. The molecule has 3 fully saturated rings. The van der Waals surface area contributed by atoms with Gasteiger partial charge in [0.15, 0.2) is 0 Å². The molecule has 23 heavy (non-hydrogen) atoms. The lowest BCUT2D eigenvalue weighted by molar-refractivity contribution is -0.0528. The Kier molecular flexibility index (Phi) is 3.77. The average molecular weight is 309 g/mol. The fourth-order valence-electron chi connectivity index (χ4n) is 3.85. The van der Waals surface area contributed by atoms with Gasteiger partial charge in [-0.3, -0.25) is 4.90 Å². The number of ether oxygens (including phenoxy) is 1. The molecule has 1 aromatic heterocycles. The maximum Gasteiger partial charge on any atom is 0.233 e. The van der Waals surface area contributed by atoms with Gasteiger partial charge in [-0.15, -0.1) is 10.2 Å². The van der Waals surface area contributed by atoms with Crippen LogP contribution in [0.3, 0.4) is 0 Å². The van der Waals surface area contributed by atoms with Crippen molar-refractivity contribution < 1.29 is 4.74 Å². The van der Waals surface area contributed by atoms with Gasteiger partial charge in [0, 0.05) is 17.7 Å². The second kappa shape index (κ2) is 5.93. The molecule has 0 radical (unpaired) electrons. The normalized spacial score (nSPS) is 29.5. The van der Waals surface area contributed by atoms with Gasteiger partial charge in [-0.1, -0.05) is 29.8 Å². The Morgan fingerprint density at radius 1 is 1.00 bits per heavy atom. The number of aryl methyl sites for hydroxylation is 1. The van der Waals surface area contributed by atoms with Crippen LogP contribution in [0.15, 0.2) is 36.4 Å². The van der Waals surface area contributed by atoms with Crippen LogP contribution >= 0.6 is 0 Å². The summed E-state index contributed by atoms with van der Waals surface area (Å²) in [6.07, 6.45) is 2.73. The van der Waals surface area contributed by atoms with Crippen molar-refractivity contribution in [2.45, 2.75) is 38.8 Å². The summed E-state index contributed by atoms with van der Waals surface area (Å²) in [7, 11) is 0. The van der Waals surface area contributed by atoms with Crippen LogP contribution in [0.4, 0.5) is 0 Å². The Morgan fingerprint density at radius 2 is 1.74 bits per heavy atom. The molecule has 2 aromatic rings. The van der Waals surface area contributed by atoms with E-state index in [1.165, 1.54) is 31.5 Å². The number of aromatic nitrogens is 2. The number of fused-ring (bicyclic) bond motifs is 3. The zero-order valence-corrected chi connectivity index (χ0v) is 13.8. The zero-order valence-electron chi connectivity index (χ0n) is 13.8. The van der Waals surface area contributed by atoms with E-state index in [0.717, 1.165) is 11.3 Å². The van der Waals surface area contributed by atoms with E-state index in [0.29, 0.717) is 17.8 Å². The smallest absolute Gasteiger partial charge is 0.233 e. The molecule has 4 nitrogen and oxygen atoms in total. The Bertz CT molecular complexity index is 658. The van der Waals surface area contributed by atoms with Crippen LogP contribution in [0, 0.1) is 12.8 Å². The predicted octanol–water partition coefficient (Wildman–Crippen LogP) is 3.31. The molecule has 0 amide bonds. The molecule has 2 bridgehead atoms. The van der Waals surface area contributed by atoms with Gasteiger partial charge in [0.25, 0.3) is 0 Å². The van der Waals surface area contributed by atoms with Crippen molar-refractivity contribution in [3.63, 3.8) is 0 Å². The fourth-order valence-corrected chi connectivity index (χ4v) is 3.85. The van der Waals surface area contributed by atoms with Gasteiger partial charge in [-0.2, -0.15) is 0 Å². The van der Waals surface area contributed by atoms with E-state index >= 15 is 0 Å². The lowest BCUT2D eigenvalue weighted by atomic mass is 9.81. The summed E-state index contributed by atoms with van der Waals surface area (Å²) >= 11 is 0. The van der Waals surface area contributed by atoms with Gasteiger partial charge in [-0.25, -0.2) is 0 Å². The molecule has 0 aliphatic carbocycles. The summed E-state index contributed by atoms with van der Waals surface area (Å²) < 4.78 is 6.20. The first kappa shape index (κ1) is 14.6. The van der Waals surface area contributed by atoms with Crippen molar-refractivity contribution in [2.75, 3.05) is 13.1 Å². The largest absolute Gasteiger partial charge is 0.471 e. The summed E-state index contributed by atoms with van der Waals surface area (Å²) in [6.45, 7) is 6.78. The van der Waals surface area contributed by atoms with E-state index in [-0.39, 0.29) is 6.10 Å². The maximum atomic E-state index is 6.20. The lowest BCUT2D eigenvalue weighted by Gasteiger charge is -2.48. The molecule has 0 spiro atoms. The monoisotopic (exact) mass is 309 g/mol. The van der Waals surface area contributed by atoms with Crippen LogP contribution in [-0.2, 0) is 0 Å². The first-order valence-corrected chi connectivity index (χ1v) is 8.52. The Morgan fingerprint density at radius 3 is 2.35 bits per heavy atom. The van der Waals surface area contributed by atoms with Crippen LogP contribution in [0.5, 0.6) is 5.88 Å². The summed E-state index contributed by atoms with van der Waals surface area (Å²) in [5.41, 5.74) is 3.23. The molecule has 3 saturated heterocycles. The fraction of sp³-hybridized carbons (Fsp3) is 0.474. The van der Waals surface area contributed by atoms with Crippen molar-refractivity contribution in [3.8, 4) is 17.1 Å². The van der Waals surface area contributed by atoms with Crippen molar-refractivity contribution in [3.05, 3.63) is 42.0 Å². The molecule has 3 aliphatic rings. The summed E-state index contributed by atoms with van der Waals surface area (Å²) in [4.78, 5) is 2.53. The van der Waals surface area contributed by atoms with Crippen molar-refractivity contribution in [1.82, 2.24) is 15.1 Å². The molecule has 4 heteroatoms. The Balaban J connectivity index is 1.49. The quantitative estimate of drug-likeness (QED) is 0.872. The molecule has 4 heterocycles. The topological polar surface area (TPSA) is 38.2 Å². The van der Waals surface area contributed by atoms with E-state index in [1.54, 1.807) is 0 Å². The number of hydrogen-bond donors (Lipinski definition) is 0. The average Bonchev–Trinajstić information content (AvgIpc) is 2.60. The Labute approximate surface area is 137 Å². The minimum Gasteiger partial charge on any atom is -0.471 e. The van der Waals surface area contributed by atoms with Crippen molar-refractivity contribution >= 4 is 0 Å². The van der Waals surface area contributed by atoms with Crippen LogP contribution in [-0.4, -0.2) is 40.3 Å². The van der Waals surface area contributed by atoms with Gasteiger partial charge in [0.2, 0.25) is 5.88 Å². The maximum absolute atomic E-state index is 6.20. The number of benzene rings is 1. The van der Waals surface area contributed by atoms with Gasteiger partial charge in [0.1, 0.15) is 6.10 Å². The zero-order chi connectivity index (χ0) is 15.8. The molecular formula is C19H23N3O. The first-order chi connectivity index (χ1) is 11.2. The van der Waals surface area contributed by atoms with E-state index in [1.807, 2.05) is 12.1 Å². The van der Waals surface area contributed by atoms with Gasteiger partial charge >= 0.3 is 0 Å². The molecule has 0 saturated carbocycles. The summed E-state index contributed by atoms with van der Waals surface area (Å²) in [5, 5.41) is 8.64. The van der Waals surface area contributed by atoms with E-state index < -0.39 is 0 Å². The lowest BCUT2D eigenvalue weighted by Crippen LogP contribution is -2.58. The third kappa shape index (κ3) is 2.83. The SMILES string of the molecule is Cc1ccc(-c2ccc(OC3C4CCN(CC4)C3C)nn2)cc1. The van der Waals surface area contributed by atoms with Gasteiger partial charge in [-0.05, 0) is 51.8 Å². The highest BCUT2D eigenvalue weighted by Crippen LogP contribution is 2.34. The minimum absolute atomic E-state index is 0.247. The van der Waals surface area contributed by atoms with E-state index in [2.05, 4.69) is 53.2 Å².